The third-order valence-corrected chi connectivity index (χ3v) is 5.74. The molecule has 144 valence electrons. The number of halogens is 4. The second kappa shape index (κ2) is 7.73. The van der Waals surface area contributed by atoms with Crippen LogP contribution in [0.25, 0.3) is 0 Å². The molecule has 1 fully saturated rings. The largest absolute Gasteiger partial charge is 0.317 e. The number of hydrogen-bond acceptors (Lipinski definition) is 4. The molecule has 1 aromatic heterocycles. The van der Waals surface area contributed by atoms with Crippen molar-refractivity contribution in [2.45, 2.75) is 31.7 Å². The second-order valence-corrected chi connectivity index (χ2v) is 7.50. The zero-order valence-corrected chi connectivity index (χ0v) is 16.0. The lowest BCUT2D eigenvalue weighted by molar-refractivity contribution is 0.122. The molecule has 0 spiro atoms. The Morgan fingerprint density at radius 2 is 1.96 bits per heavy atom. The molecule has 2 aliphatic heterocycles. The topological polar surface area (TPSA) is 45.5 Å². The number of benzene rings is 1. The number of nitrogens with zero attached hydrogens (tertiary/aromatic N) is 4. The molecule has 0 atom stereocenters. The minimum Gasteiger partial charge on any atom is -0.317 e. The number of aliphatic imine (C=N–C) groups is 1. The van der Waals surface area contributed by atoms with E-state index in [1.807, 2.05) is 11.0 Å². The Morgan fingerprint density at radius 3 is 2.70 bits per heavy atom. The molecule has 3 heterocycles. The number of fused-ring (bicyclic) bond motifs is 1. The fraction of sp³-hybridized carbons (Fsp3) is 0.444. The van der Waals surface area contributed by atoms with Crippen molar-refractivity contribution < 1.29 is 8.78 Å². The molecule has 5 nitrogen and oxygen atoms in total. The molecular formula is C18H19Cl2F2N5. The SMILES string of the molecule is FC(F)Cn1ncc(N2CN=Cc3cc(Cl)c(C4CCNCC4)cc32)c1Cl. The third kappa shape index (κ3) is 3.68. The van der Waals surface area contributed by atoms with Gasteiger partial charge in [-0.25, -0.2) is 13.5 Å². The van der Waals surface area contributed by atoms with E-state index in [4.69, 9.17) is 23.2 Å². The molecule has 1 aromatic carbocycles. The first kappa shape index (κ1) is 18.7. The molecule has 0 saturated carbocycles. The minimum atomic E-state index is -2.52. The van der Waals surface area contributed by atoms with Crippen LogP contribution < -0.4 is 10.2 Å². The number of alkyl halides is 2. The Hall–Kier alpha value is -1.70. The number of anilines is 2. The predicted octanol–water partition coefficient (Wildman–Crippen LogP) is 4.45. The smallest absolute Gasteiger partial charge is 0.257 e. The molecule has 9 heteroatoms. The van der Waals surface area contributed by atoms with Crippen LogP contribution in [0.1, 0.15) is 29.9 Å². The van der Waals surface area contributed by atoms with Crippen molar-refractivity contribution in [2.24, 2.45) is 4.99 Å². The molecular weight excluding hydrogens is 395 g/mol. The van der Waals surface area contributed by atoms with E-state index in [2.05, 4.69) is 21.5 Å². The molecule has 2 aliphatic rings. The van der Waals surface area contributed by atoms with Gasteiger partial charge in [-0.15, -0.1) is 0 Å². The van der Waals surface area contributed by atoms with Crippen molar-refractivity contribution in [3.8, 4) is 0 Å². The van der Waals surface area contributed by atoms with Gasteiger partial charge in [0.15, 0.2) is 5.15 Å². The van der Waals surface area contributed by atoms with Gasteiger partial charge in [0.1, 0.15) is 18.9 Å². The average molecular weight is 414 g/mol. The van der Waals surface area contributed by atoms with Gasteiger partial charge in [-0.3, -0.25) is 4.99 Å². The molecule has 0 bridgehead atoms. The number of piperidine rings is 1. The van der Waals surface area contributed by atoms with E-state index in [0.29, 0.717) is 18.3 Å². The number of rotatable bonds is 4. The van der Waals surface area contributed by atoms with Gasteiger partial charge in [-0.2, -0.15) is 5.10 Å². The first-order valence-electron chi connectivity index (χ1n) is 8.85. The zero-order valence-electron chi connectivity index (χ0n) is 14.5. The molecule has 27 heavy (non-hydrogen) atoms. The monoisotopic (exact) mass is 413 g/mol. The average Bonchev–Trinajstić information content (AvgIpc) is 3.01. The van der Waals surface area contributed by atoms with E-state index in [9.17, 15) is 8.78 Å². The van der Waals surface area contributed by atoms with Crippen LogP contribution in [0.3, 0.4) is 0 Å². The van der Waals surface area contributed by atoms with Gasteiger partial charge in [0, 0.05) is 16.8 Å². The van der Waals surface area contributed by atoms with E-state index >= 15 is 0 Å². The molecule has 2 aromatic rings. The van der Waals surface area contributed by atoms with Crippen molar-refractivity contribution >= 4 is 40.8 Å². The molecule has 4 rings (SSSR count). The van der Waals surface area contributed by atoms with Crippen LogP contribution in [-0.4, -0.2) is 42.2 Å². The van der Waals surface area contributed by atoms with Gasteiger partial charge in [0.05, 0.1) is 11.9 Å². The van der Waals surface area contributed by atoms with Crippen LogP contribution >= 0.6 is 23.2 Å². The molecule has 1 N–H and O–H groups in total. The van der Waals surface area contributed by atoms with E-state index in [1.165, 1.54) is 6.20 Å². The van der Waals surface area contributed by atoms with Gasteiger partial charge in [0.25, 0.3) is 6.43 Å². The summed E-state index contributed by atoms with van der Waals surface area (Å²) in [6.07, 6.45) is 2.82. The summed E-state index contributed by atoms with van der Waals surface area (Å²) in [5.41, 5.74) is 3.46. The molecule has 0 aliphatic carbocycles. The van der Waals surface area contributed by atoms with Crippen LogP contribution in [0, 0.1) is 0 Å². The number of nitrogens with one attached hydrogen (secondary N) is 1. The predicted molar refractivity (Wildman–Crippen MR) is 104 cm³/mol. The van der Waals surface area contributed by atoms with Crippen LogP contribution in [-0.2, 0) is 6.54 Å². The lowest BCUT2D eigenvalue weighted by atomic mass is 9.89. The Balaban J connectivity index is 1.72. The summed E-state index contributed by atoms with van der Waals surface area (Å²) in [4.78, 5) is 6.26. The van der Waals surface area contributed by atoms with E-state index in [0.717, 1.165) is 52.4 Å². The number of hydrogen-bond donors (Lipinski definition) is 1. The van der Waals surface area contributed by atoms with Gasteiger partial charge in [-0.05, 0) is 49.5 Å². The molecule has 1 saturated heterocycles. The maximum absolute atomic E-state index is 12.7. The summed E-state index contributed by atoms with van der Waals surface area (Å²) >= 11 is 12.9. The summed E-state index contributed by atoms with van der Waals surface area (Å²) in [7, 11) is 0. The summed E-state index contributed by atoms with van der Waals surface area (Å²) in [6, 6.07) is 4.00. The molecule has 0 radical (unpaired) electrons. The number of aromatic nitrogens is 2. The maximum atomic E-state index is 12.7. The standard InChI is InChI=1S/C18H19Cl2F2N5/c19-14-5-12-7-24-10-26(16-8-25-27(18(16)20)9-17(21)22)15(12)6-13(14)11-1-3-23-4-2-11/h5-8,11,17,23H,1-4,9-10H2. The van der Waals surface area contributed by atoms with Crippen LogP contribution in [0.15, 0.2) is 23.3 Å². The third-order valence-electron chi connectivity index (χ3n) is 5.03. The summed E-state index contributed by atoms with van der Waals surface area (Å²) < 4.78 is 26.5. The first-order chi connectivity index (χ1) is 13.0. The minimum absolute atomic E-state index is 0.178. The Labute approximate surface area is 166 Å². The Bertz CT molecular complexity index is 862. The van der Waals surface area contributed by atoms with Crippen LogP contribution in [0.5, 0.6) is 0 Å². The molecule has 0 amide bonds. The fourth-order valence-electron chi connectivity index (χ4n) is 3.68. The van der Waals surface area contributed by atoms with Gasteiger partial charge in [0.2, 0.25) is 0 Å². The summed E-state index contributed by atoms with van der Waals surface area (Å²) in [5.74, 6) is 0.391. The second-order valence-electron chi connectivity index (χ2n) is 6.73. The normalized spacial score (nSPS) is 17.6. The van der Waals surface area contributed by atoms with Crippen molar-refractivity contribution in [1.82, 2.24) is 15.1 Å². The maximum Gasteiger partial charge on any atom is 0.257 e. The highest BCUT2D eigenvalue weighted by molar-refractivity contribution is 6.33. The lowest BCUT2D eigenvalue weighted by Gasteiger charge is -2.30. The highest BCUT2D eigenvalue weighted by Gasteiger charge is 2.26. The summed E-state index contributed by atoms with van der Waals surface area (Å²) in [5, 5.41) is 8.28. The van der Waals surface area contributed by atoms with Crippen molar-refractivity contribution in [3.05, 3.63) is 39.6 Å². The van der Waals surface area contributed by atoms with Gasteiger partial charge < -0.3 is 10.2 Å². The highest BCUT2D eigenvalue weighted by Crippen LogP contribution is 2.40. The van der Waals surface area contributed by atoms with E-state index in [1.54, 1.807) is 6.21 Å². The van der Waals surface area contributed by atoms with Crippen molar-refractivity contribution in [1.29, 1.82) is 0 Å². The summed E-state index contributed by atoms with van der Waals surface area (Å²) in [6.45, 7) is 1.75. The fourth-order valence-corrected chi connectivity index (χ4v) is 4.27. The zero-order chi connectivity index (χ0) is 19.0. The molecule has 0 unspecified atom stereocenters. The van der Waals surface area contributed by atoms with Crippen molar-refractivity contribution in [3.63, 3.8) is 0 Å². The van der Waals surface area contributed by atoms with Gasteiger partial charge in [-0.1, -0.05) is 23.2 Å². The highest BCUT2D eigenvalue weighted by atomic mass is 35.5. The van der Waals surface area contributed by atoms with Crippen LogP contribution in [0.2, 0.25) is 10.2 Å². The Morgan fingerprint density at radius 1 is 1.19 bits per heavy atom. The Kier molecular flexibility index (Phi) is 5.34. The lowest BCUT2D eigenvalue weighted by Crippen LogP contribution is -2.27. The van der Waals surface area contributed by atoms with Crippen molar-refractivity contribution in [2.75, 3.05) is 24.7 Å². The van der Waals surface area contributed by atoms with Crippen LogP contribution in [0.4, 0.5) is 20.2 Å². The van der Waals surface area contributed by atoms with E-state index in [-0.39, 0.29) is 5.15 Å². The van der Waals surface area contributed by atoms with Gasteiger partial charge >= 0.3 is 0 Å². The first-order valence-corrected chi connectivity index (χ1v) is 9.61. The van der Waals surface area contributed by atoms with E-state index < -0.39 is 13.0 Å². The quantitative estimate of drug-likeness (QED) is 0.804.